The first-order chi connectivity index (χ1) is 15.0. The van der Waals surface area contributed by atoms with E-state index in [4.69, 9.17) is 18.9 Å². The molecular formula is C26H24O5. The van der Waals surface area contributed by atoms with Gasteiger partial charge in [0, 0.05) is 17.2 Å². The van der Waals surface area contributed by atoms with Crippen molar-refractivity contribution in [3.8, 4) is 23.0 Å². The van der Waals surface area contributed by atoms with Gasteiger partial charge < -0.3 is 18.9 Å². The molecule has 0 aromatic heterocycles. The fourth-order valence-electron chi connectivity index (χ4n) is 3.45. The van der Waals surface area contributed by atoms with E-state index in [1.165, 1.54) is 5.56 Å². The molecule has 0 unspecified atom stereocenters. The summed E-state index contributed by atoms with van der Waals surface area (Å²) in [4.78, 5) is 12.9. The van der Waals surface area contributed by atoms with E-state index < -0.39 is 0 Å². The van der Waals surface area contributed by atoms with Crippen LogP contribution in [0.1, 0.15) is 32.6 Å². The molecule has 0 amide bonds. The molecule has 0 saturated heterocycles. The van der Waals surface area contributed by atoms with E-state index in [1.807, 2.05) is 37.3 Å². The van der Waals surface area contributed by atoms with Gasteiger partial charge in [-0.3, -0.25) is 4.79 Å². The van der Waals surface area contributed by atoms with Gasteiger partial charge in [-0.1, -0.05) is 29.8 Å². The van der Waals surface area contributed by atoms with Crippen molar-refractivity contribution in [1.82, 2.24) is 0 Å². The van der Waals surface area contributed by atoms with Crippen LogP contribution in [0.4, 0.5) is 0 Å². The normalized spacial score (nSPS) is 13.7. The number of ether oxygens (including phenoxy) is 4. The van der Waals surface area contributed by atoms with Crippen LogP contribution in [0.15, 0.2) is 60.4 Å². The number of fused-ring (bicyclic) bond motifs is 1. The standard InChI is InChI=1S/C26H24O5/c1-16-5-7-18(8-6-16)15-30-22-12-11-21-25(27)24(31-26(21)17(22)2)13-19-9-10-20(28-3)14-23(19)29-4/h5-14H,15H2,1-4H3/b24-13-. The average Bonchev–Trinajstić information content (AvgIpc) is 3.11. The summed E-state index contributed by atoms with van der Waals surface area (Å²) in [5, 5.41) is 0. The van der Waals surface area contributed by atoms with Crippen LogP contribution in [0, 0.1) is 13.8 Å². The van der Waals surface area contributed by atoms with Crippen molar-refractivity contribution in [2.24, 2.45) is 0 Å². The van der Waals surface area contributed by atoms with Crippen LogP contribution < -0.4 is 18.9 Å². The van der Waals surface area contributed by atoms with Gasteiger partial charge in [-0.05, 0) is 49.8 Å². The van der Waals surface area contributed by atoms with E-state index >= 15 is 0 Å². The number of Topliss-reactive ketones (excluding diaryl/α,β-unsaturated/α-hetero) is 1. The number of allylic oxidation sites excluding steroid dienone is 1. The molecule has 0 fully saturated rings. The van der Waals surface area contributed by atoms with Gasteiger partial charge in [0.1, 0.15) is 29.6 Å². The summed E-state index contributed by atoms with van der Waals surface area (Å²) >= 11 is 0. The number of hydrogen-bond donors (Lipinski definition) is 0. The molecule has 3 aromatic carbocycles. The minimum atomic E-state index is -0.166. The molecule has 1 heterocycles. The molecule has 1 aliphatic heterocycles. The lowest BCUT2D eigenvalue weighted by atomic mass is 10.1. The summed E-state index contributed by atoms with van der Waals surface area (Å²) in [6.07, 6.45) is 1.69. The third-order valence-corrected chi connectivity index (χ3v) is 5.28. The SMILES string of the molecule is COc1ccc(/C=C2\Oc3c(ccc(OCc4ccc(C)cc4)c3C)C2=O)c(OC)c1. The molecule has 0 spiro atoms. The minimum Gasteiger partial charge on any atom is -0.497 e. The van der Waals surface area contributed by atoms with Gasteiger partial charge in [-0.25, -0.2) is 0 Å². The molecule has 31 heavy (non-hydrogen) atoms. The number of carbonyl (C=O) groups excluding carboxylic acids is 1. The Balaban J connectivity index is 1.58. The molecule has 158 valence electrons. The van der Waals surface area contributed by atoms with Crippen molar-refractivity contribution in [2.45, 2.75) is 20.5 Å². The van der Waals surface area contributed by atoms with Crippen molar-refractivity contribution >= 4 is 11.9 Å². The number of methoxy groups -OCH3 is 2. The van der Waals surface area contributed by atoms with Crippen LogP contribution in [0.5, 0.6) is 23.0 Å². The molecule has 0 radical (unpaired) electrons. The quantitative estimate of drug-likeness (QED) is 0.496. The summed E-state index contributed by atoms with van der Waals surface area (Å²) in [7, 11) is 3.17. The Morgan fingerprint density at radius 1 is 0.903 bits per heavy atom. The molecule has 0 saturated carbocycles. The summed E-state index contributed by atoms with van der Waals surface area (Å²) in [5.41, 5.74) is 4.33. The number of aryl methyl sites for hydroxylation is 1. The molecule has 0 atom stereocenters. The number of carbonyl (C=O) groups is 1. The highest BCUT2D eigenvalue weighted by Gasteiger charge is 2.30. The van der Waals surface area contributed by atoms with E-state index in [2.05, 4.69) is 19.1 Å². The van der Waals surface area contributed by atoms with Gasteiger partial charge in [-0.15, -0.1) is 0 Å². The van der Waals surface area contributed by atoms with E-state index in [0.29, 0.717) is 35.2 Å². The van der Waals surface area contributed by atoms with Gasteiger partial charge >= 0.3 is 0 Å². The molecule has 5 heteroatoms. The van der Waals surface area contributed by atoms with Gasteiger partial charge in [0.25, 0.3) is 0 Å². The monoisotopic (exact) mass is 416 g/mol. The lowest BCUT2D eigenvalue weighted by Crippen LogP contribution is -1.99. The van der Waals surface area contributed by atoms with Crippen LogP contribution in [0.25, 0.3) is 6.08 Å². The molecule has 1 aliphatic rings. The Labute approximate surface area is 181 Å². The van der Waals surface area contributed by atoms with E-state index in [-0.39, 0.29) is 11.5 Å². The summed E-state index contributed by atoms with van der Waals surface area (Å²) in [6, 6.07) is 17.2. The maximum absolute atomic E-state index is 12.9. The number of hydrogen-bond acceptors (Lipinski definition) is 5. The highest BCUT2D eigenvalue weighted by Crippen LogP contribution is 2.40. The topological polar surface area (TPSA) is 54.0 Å². The van der Waals surface area contributed by atoms with Crippen molar-refractivity contribution < 1.29 is 23.7 Å². The zero-order valence-electron chi connectivity index (χ0n) is 18.0. The van der Waals surface area contributed by atoms with Gasteiger partial charge in [0.15, 0.2) is 5.76 Å². The van der Waals surface area contributed by atoms with Crippen LogP contribution in [0.3, 0.4) is 0 Å². The Morgan fingerprint density at radius 2 is 1.68 bits per heavy atom. The maximum atomic E-state index is 12.9. The third-order valence-electron chi connectivity index (χ3n) is 5.28. The first-order valence-corrected chi connectivity index (χ1v) is 9.98. The van der Waals surface area contributed by atoms with E-state index in [9.17, 15) is 4.79 Å². The first-order valence-electron chi connectivity index (χ1n) is 9.98. The van der Waals surface area contributed by atoms with Crippen LogP contribution >= 0.6 is 0 Å². The Bertz CT molecular complexity index is 1160. The summed E-state index contributed by atoms with van der Waals surface area (Å²) in [6.45, 7) is 4.39. The van der Waals surface area contributed by atoms with Gasteiger partial charge in [-0.2, -0.15) is 0 Å². The van der Waals surface area contributed by atoms with Crippen molar-refractivity contribution in [3.63, 3.8) is 0 Å². The maximum Gasteiger partial charge on any atom is 0.231 e. The molecule has 0 bridgehead atoms. The van der Waals surface area contributed by atoms with E-state index in [1.54, 1.807) is 32.4 Å². The second kappa shape index (κ2) is 8.56. The molecule has 3 aromatic rings. The Kier molecular flexibility index (Phi) is 5.67. The number of ketones is 1. The van der Waals surface area contributed by atoms with Crippen molar-refractivity contribution in [1.29, 1.82) is 0 Å². The second-order valence-corrected chi connectivity index (χ2v) is 7.39. The Morgan fingerprint density at radius 3 is 2.39 bits per heavy atom. The van der Waals surface area contributed by atoms with Crippen molar-refractivity contribution in [2.75, 3.05) is 14.2 Å². The lowest BCUT2D eigenvalue weighted by molar-refractivity contribution is 0.101. The Hall–Kier alpha value is -3.73. The van der Waals surface area contributed by atoms with Crippen LogP contribution in [-0.2, 0) is 6.61 Å². The zero-order valence-corrected chi connectivity index (χ0v) is 18.0. The summed E-state index contributed by atoms with van der Waals surface area (Å²) in [5.74, 6) is 2.57. The number of rotatable bonds is 6. The third kappa shape index (κ3) is 4.12. The number of benzene rings is 3. The highest BCUT2D eigenvalue weighted by atomic mass is 16.5. The lowest BCUT2D eigenvalue weighted by Gasteiger charge is -2.12. The van der Waals surface area contributed by atoms with Crippen molar-refractivity contribution in [3.05, 3.63) is 88.2 Å². The minimum absolute atomic E-state index is 0.166. The molecule has 4 rings (SSSR count). The first kappa shape index (κ1) is 20.5. The molecule has 0 N–H and O–H groups in total. The second-order valence-electron chi connectivity index (χ2n) is 7.39. The molecule has 0 aliphatic carbocycles. The largest absolute Gasteiger partial charge is 0.497 e. The van der Waals surface area contributed by atoms with Gasteiger partial charge in [0.05, 0.1) is 19.8 Å². The predicted octanol–water partition coefficient (Wildman–Crippen LogP) is 5.52. The van der Waals surface area contributed by atoms with Crippen LogP contribution in [-0.4, -0.2) is 20.0 Å². The fourth-order valence-corrected chi connectivity index (χ4v) is 3.45. The smallest absolute Gasteiger partial charge is 0.231 e. The molecular weight excluding hydrogens is 392 g/mol. The predicted molar refractivity (Wildman–Crippen MR) is 119 cm³/mol. The van der Waals surface area contributed by atoms with Crippen LogP contribution in [0.2, 0.25) is 0 Å². The highest BCUT2D eigenvalue weighted by molar-refractivity contribution is 6.15. The summed E-state index contributed by atoms with van der Waals surface area (Å²) < 4.78 is 22.6. The average molecular weight is 416 g/mol. The van der Waals surface area contributed by atoms with E-state index in [0.717, 1.165) is 16.7 Å². The molecule has 5 nitrogen and oxygen atoms in total. The zero-order chi connectivity index (χ0) is 22.0. The van der Waals surface area contributed by atoms with Gasteiger partial charge in [0.2, 0.25) is 5.78 Å². The fraction of sp³-hybridized carbons (Fsp3) is 0.192.